The van der Waals surface area contributed by atoms with Crippen LogP contribution in [0, 0.1) is 20.8 Å². The molecule has 1 nitrogen and oxygen atoms in total. The molecule has 0 radical (unpaired) electrons. The van der Waals surface area contributed by atoms with Gasteiger partial charge in [0.1, 0.15) is 0 Å². The number of benzene rings is 2. The molecule has 0 spiro atoms. The van der Waals surface area contributed by atoms with Crippen LogP contribution in [0.5, 0.6) is 0 Å². The fraction of sp³-hybridized carbons (Fsp3) is 0.294. The fourth-order valence-electron chi connectivity index (χ4n) is 2.62. The number of hydrogen-bond donors (Lipinski definition) is 1. The first-order chi connectivity index (χ1) is 9.02. The molecule has 1 unspecified atom stereocenters. The number of hydrogen-bond acceptors (Lipinski definition) is 1. The summed E-state index contributed by atoms with van der Waals surface area (Å²) < 4.78 is 0. The molecule has 2 rings (SSSR count). The van der Waals surface area contributed by atoms with Crippen molar-refractivity contribution in [1.29, 1.82) is 0 Å². The van der Waals surface area contributed by atoms with Crippen molar-refractivity contribution >= 4 is 11.6 Å². The van der Waals surface area contributed by atoms with Crippen LogP contribution < -0.4 is 5.32 Å². The zero-order valence-corrected chi connectivity index (χ0v) is 12.7. The molecule has 2 aromatic rings. The van der Waals surface area contributed by atoms with Gasteiger partial charge in [0.2, 0.25) is 0 Å². The molecule has 0 saturated heterocycles. The first-order valence-electron chi connectivity index (χ1n) is 6.53. The van der Waals surface area contributed by atoms with Gasteiger partial charge in [-0.15, -0.1) is 0 Å². The predicted molar refractivity (Wildman–Crippen MR) is 83.0 cm³/mol. The highest BCUT2D eigenvalue weighted by Crippen LogP contribution is 2.29. The Labute approximate surface area is 120 Å². The second-order valence-corrected chi connectivity index (χ2v) is 5.50. The summed E-state index contributed by atoms with van der Waals surface area (Å²) in [5, 5.41) is 4.22. The van der Waals surface area contributed by atoms with Gasteiger partial charge < -0.3 is 5.32 Å². The summed E-state index contributed by atoms with van der Waals surface area (Å²) in [6.07, 6.45) is 0. The molecule has 0 aliphatic heterocycles. The summed E-state index contributed by atoms with van der Waals surface area (Å²) >= 11 is 6.24. The van der Waals surface area contributed by atoms with E-state index in [9.17, 15) is 0 Å². The van der Waals surface area contributed by atoms with Crippen LogP contribution >= 0.6 is 11.6 Å². The van der Waals surface area contributed by atoms with Gasteiger partial charge in [-0.1, -0.05) is 53.1 Å². The Bertz CT molecular complexity index is 570. The van der Waals surface area contributed by atoms with Crippen molar-refractivity contribution in [2.45, 2.75) is 26.8 Å². The maximum atomic E-state index is 6.24. The molecule has 2 aromatic carbocycles. The zero-order valence-electron chi connectivity index (χ0n) is 11.9. The van der Waals surface area contributed by atoms with E-state index in [1.165, 1.54) is 22.3 Å². The highest BCUT2D eigenvalue weighted by atomic mass is 35.5. The second kappa shape index (κ2) is 5.77. The number of rotatable bonds is 3. The quantitative estimate of drug-likeness (QED) is 0.863. The Morgan fingerprint density at radius 3 is 2.21 bits per heavy atom. The molecule has 100 valence electrons. The third-order valence-corrected chi connectivity index (χ3v) is 3.90. The molecule has 1 N–H and O–H groups in total. The monoisotopic (exact) mass is 273 g/mol. The SMILES string of the molecule is CNC(c1cc(C)cc(C)c1)c1cccc(Cl)c1C. The van der Waals surface area contributed by atoms with Crippen LogP contribution in [0.2, 0.25) is 5.02 Å². The Balaban J connectivity index is 2.53. The van der Waals surface area contributed by atoms with Gasteiger partial charge in [0.25, 0.3) is 0 Å². The first kappa shape index (κ1) is 14.1. The predicted octanol–water partition coefficient (Wildman–Crippen LogP) is 4.57. The lowest BCUT2D eigenvalue weighted by Gasteiger charge is -2.21. The molecule has 0 saturated carbocycles. The standard InChI is InChI=1S/C17H20ClN/c1-11-8-12(2)10-14(9-11)17(19-4)15-6-5-7-16(18)13(15)3/h5-10,17,19H,1-4H3. The van der Waals surface area contributed by atoms with E-state index in [1.54, 1.807) is 0 Å². The van der Waals surface area contributed by atoms with Crippen molar-refractivity contribution in [3.63, 3.8) is 0 Å². The van der Waals surface area contributed by atoms with Crippen LogP contribution in [0.25, 0.3) is 0 Å². The average molecular weight is 274 g/mol. The van der Waals surface area contributed by atoms with E-state index in [-0.39, 0.29) is 6.04 Å². The van der Waals surface area contributed by atoms with E-state index < -0.39 is 0 Å². The van der Waals surface area contributed by atoms with Gasteiger partial charge in [-0.2, -0.15) is 0 Å². The van der Waals surface area contributed by atoms with E-state index in [1.807, 2.05) is 19.2 Å². The van der Waals surface area contributed by atoms with Gasteiger partial charge in [-0.25, -0.2) is 0 Å². The highest BCUT2D eigenvalue weighted by Gasteiger charge is 2.15. The fourth-order valence-corrected chi connectivity index (χ4v) is 2.80. The summed E-state index contributed by atoms with van der Waals surface area (Å²) in [4.78, 5) is 0. The Kier molecular flexibility index (Phi) is 4.28. The van der Waals surface area contributed by atoms with Crippen molar-refractivity contribution in [3.05, 3.63) is 69.2 Å². The van der Waals surface area contributed by atoms with Crippen LogP contribution in [0.4, 0.5) is 0 Å². The van der Waals surface area contributed by atoms with Gasteiger partial charge >= 0.3 is 0 Å². The average Bonchev–Trinajstić information content (AvgIpc) is 2.34. The molecule has 0 aromatic heterocycles. The van der Waals surface area contributed by atoms with Crippen molar-refractivity contribution in [1.82, 2.24) is 5.32 Å². The van der Waals surface area contributed by atoms with E-state index >= 15 is 0 Å². The molecular formula is C17H20ClN. The number of aryl methyl sites for hydroxylation is 2. The van der Waals surface area contributed by atoms with Gasteiger partial charge in [-0.3, -0.25) is 0 Å². The Morgan fingerprint density at radius 2 is 1.63 bits per heavy atom. The maximum Gasteiger partial charge on any atom is 0.0577 e. The molecule has 0 fully saturated rings. The molecule has 0 bridgehead atoms. The van der Waals surface area contributed by atoms with E-state index in [0.29, 0.717) is 0 Å². The van der Waals surface area contributed by atoms with Gasteiger partial charge in [0.15, 0.2) is 0 Å². The Morgan fingerprint density at radius 1 is 1.00 bits per heavy atom. The van der Waals surface area contributed by atoms with Gasteiger partial charge in [0.05, 0.1) is 6.04 Å². The van der Waals surface area contributed by atoms with E-state index in [0.717, 1.165) is 10.6 Å². The molecular weight excluding hydrogens is 254 g/mol. The summed E-state index contributed by atoms with van der Waals surface area (Å²) in [5.74, 6) is 0. The molecule has 0 aliphatic rings. The highest BCUT2D eigenvalue weighted by molar-refractivity contribution is 6.31. The second-order valence-electron chi connectivity index (χ2n) is 5.10. The van der Waals surface area contributed by atoms with Crippen LogP contribution in [0.1, 0.15) is 33.9 Å². The van der Waals surface area contributed by atoms with Gasteiger partial charge in [-0.05, 0) is 50.6 Å². The van der Waals surface area contributed by atoms with Crippen molar-refractivity contribution in [2.75, 3.05) is 7.05 Å². The molecule has 1 atom stereocenters. The lowest BCUT2D eigenvalue weighted by Crippen LogP contribution is -2.19. The third kappa shape index (κ3) is 2.99. The maximum absolute atomic E-state index is 6.24. The van der Waals surface area contributed by atoms with E-state index in [4.69, 9.17) is 11.6 Å². The van der Waals surface area contributed by atoms with Crippen molar-refractivity contribution < 1.29 is 0 Å². The van der Waals surface area contributed by atoms with Crippen LogP contribution in [-0.2, 0) is 0 Å². The smallest absolute Gasteiger partial charge is 0.0577 e. The minimum atomic E-state index is 0.178. The van der Waals surface area contributed by atoms with Gasteiger partial charge in [0, 0.05) is 5.02 Å². The first-order valence-corrected chi connectivity index (χ1v) is 6.91. The number of nitrogens with one attached hydrogen (secondary N) is 1. The van der Waals surface area contributed by atoms with Crippen LogP contribution in [-0.4, -0.2) is 7.05 Å². The molecule has 2 heteroatoms. The zero-order chi connectivity index (χ0) is 14.0. The molecule has 0 heterocycles. The summed E-state index contributed by atoms with van der Waals surface area (Å²) in [7, 11) is 1.99. The molecule has 0 aliphatic carbocycles. The van der Waals surface area contributed by atoms with Crippen molar-refractivity contribution in [2.24, 2.45) is 0 Å². The summed E-state index contributed by atoms with van der Waals surface area (Å²) in [6.45, 7) is 6.34. The van der Waals surface area contributed by atoms with Crippen LogP contribution in [0.3, 0.4) is 0 Å². The summed E-state index contributed by atoms with van der Waals surface area (Å²) in [6, 6.07) is 12.9. The molecule has 0 amide bonds. The lowest BCUT2D eigenvalue weighted by atomic mass is 9.93. The lowest BCUT2D eigenvalue weighted by molar-refractivity contribution is 0.686. The largest absolute Gasteiger partial charge is 0.309 e. The minimum Gasteiger partial charge on any atom is -0.309 e. The third-order valence-electron chi connectivity index (χ3n) is 3.49. The van der Waals surface area contributed by atoms with E-state index in [2.05, 4.69) is 50.4 Å². The summed E-state index contributed by atoms with van der Waals surface area (Å²) in [5.41, 5.74) is 6.23. The topological polar surface area (TPSA) is 12.0 Å². The number of halogens is 1. The Hall–Kier alpha value is -1.31. The van der Waals surface area contributed by atoms with Crippen LogP contribution in [0.15, 0.2) is 36.4 Å². The minimum absolute atomic E-state index is 0.178. The molecule has 19 heavy (non-hydrogen) atoms. The van der Waals surface area contributed by atoms with Crippen molar-refractivity contribution in [3.8, 4) is 0 Å². The normalized spacial score (nSPS) is 12.5.